The summed E-state index contributed by atoms with van der Waals surface area (Å²) in [5.74, 6) is 1.46. The number of halogens is 1. The minimum Gasteiger partial charge on any atom is -0.381 e. The van der Waals surface area contributed by atoms with Gasteiger partial charge in [0, 0.05) is 37.9 Å². The van der Waals surface area contributed by atoms with Gasteiger partial charge in [-0.1, -0.05) is 24.6 Å². The first-order valence-electron chi connectivity index (χ1n) is 14.2. The molecule has 5 nitrogen and oxygen atoms in total. The van der Waals surface area contributed by atoms with Gasteiger partial charge in [0.1, 0.15) is 18.3 Å². The number of carbonyl (C=O) groups is 1. The molecule has 7 heteroatoms. The van der Waals surface area contributed by atoms with Crippen LogP contribution in [-0.4, -0.2) is 55.2 Å². The monoisotopic (exact) mass is 525 g/mol. The van der Waals surface area contributed by atoms with Crippen LogP contribution in [0.5, 0.6) is 0 Å². The van der Waals surface area contributed by atoms with E-state index in [4.69, 9.17) is 9.72 Å². The maximum Gasteiger partial charge on any atom is 0.141 e. The standard InChI is InChI=1S/C30H41FN3O2P/c31-28(6-2-1-5-24-8-7-22-4-3-14-32-30(22)33-24)23-11-15-34(19-23)29(20-35)27-18-25(37)9-10-26(27)21-12-16-36-17-13-21/h7-10,18,20-21,23,28-29H,1-6,11-17,19,37H2,(H,32,33)/t23?,28-,29+/m1/s1. The lowest BCUT2D eigenvalue weighted by atomic mass is 9.86. The largest absolute Gasteiger partial charge is 0.381 e. The van der Waals surface area contributed by atoms with E-state index in [2.05, 4.69) is 49.8 Å². The molecule has 5 rings (SSSR count). The lowest BCUT2D eigenvalue weighted by molar-refractivity contribution is -0.112. The molecule has 2 aromatic rings. The number of anilines is 1. The number of nitrogens with zero attached hydrogens (tertiary/aromatic N) is 2. The van der Waals surface area contributed by atoms with Crippen molar-refractivity contribution in [2.75, 3.05) is 38.2 Å². The van der Waals surface area contributed by atoms with Crippen molar-refractivity contribution < 1.29 is 13.9 Å². The molecule has 1 aromatic heterocycles. The maximum atomic E-state index is 15.3. The van der Waals surface area contributed by atoms with E-state index < -0.39 is 6.17 Å². The fourth-order valence-corrected chi connectivity index (χ4v) is 6.61. The van der Waals surface area contributed by atoms with Crippen molar-refractivity contribution in [3.05, 3.63) is 52.7 Å². The lowest BCUT2D eigenvalue weighted by Crippen LogP contribution is -2.31. The molecule has 0 amide bonds. The second-order valence-electron chi connectivity index (χ2n) is 11.0. The third-order valence-corrected chi connectivity index (χ3v) is 8.85. The van der Waals surface area contributed by atoms with Crippen molar-refractivity contribution in [1.29, 1.82) is 0 Å². The minimum atomic E-state index is -0.821. The molecule has 0 spiro atoms. The number of benzene rings is 1. The summed E-state index contributed by atoms with van der Waals surface area (Å²) in [6, 6.07) is 10.5. The average Bonchev–Trinajstić information content (AvgIpc) is 3.42. The Morgan fingerprint density at radius 2 is 2.05 bits per heavy atom. The van der Waals surface area contributed by atoms with Gasteiger partial charge in [-0.05, 0) is 98.0 Å². The molecule has 3 aliphatic heterocycles. The smallest absolute Gasteiger partial charge is 0.141 e. The van der Waals surface area contributed by atoms with Gasteiger partial charge in [-0.3, -0.25) is 4.90 Å². The predicted octanol–water partition coefficient (Wildman–Crippen LogP) is 5.15. The van der Waals surface area contributed by atoms with Crippen molar-refractivity contribution >= 4 is 26.6 Å². The Hall–Kier alpha value is -1.88. The average molecular weight is 526 g/mol. The molecule has 0 bridgehead atoms. The number of carbonyl (C=O) groups excluding carboxylic acids is 1. The highest BCUT2D eigenvalue weighted by Gasteiger charge is 2.35. The number of aromatic nitrogens is 1. The van der Waals surface area contributed by atoms with Crippen LogP contribution in [0.3, 0.4) is 0 Å². The zero-order valence-corrected chi connectivity index (χ0v) is 23.0. The number of ether oxygens (including phenoxy) is 1. The number of fused-ring (bicyclic) bond motifs is 1. The van der Waals surface area contributed by atoms with Gasteiger partial charge in [-0.15, -0.1) is 9.24 Å². The number of aldehydes is 1. The Balaban J connectivity index is 1.14. The summed E-state index contributed by atoms with van der Waals surface area (Å²) in [7, 11) is 2.76. The van der Waals surface area contributed by atoms with Crippen LogP contribution in [0.4, 0.5) is 10.2 Å². The summed E-state index contributed by atoms with van der Waals surface area (Å²) in [6.45, 7) is 3.96. The van der Waals surface area contributed by atoms with Crippen LogP contribution < -0.4 is 10.6 Å². The number of nitrogens with one attached hydrogen (secondary N) is 1. The SMILES string of the molecule is O=C[C@@H](c1cc(P)ccc1C1CCOCC1)N1CCC([C@H](F)CCCCc2ccc3c(n2)NCCC3)C1. The number of unbranched alkanes of at least 4 members (excludes halogenated alkanes) is 1. The second kappa shape index (κ2) is 12.8. The molecule has 2 fully saturated rings. The molecule has 3 aliphatic rings. The van der Waals surface area contributed by atoms with Gasteiger partial charge in [-0.2, -0.15) is 0 Å². The highest BCUT2D eigenvalue weighted by molar-refractivity contribution is 7.27. The zero-order chi connectivity index (χ0) is 25.6. The molecule has 0 radical (unpaired) electrons. The summed E-state index contributed by atoms with van der Waals surface area (Å²) in [5.41, 5.74) is 4.76. The summed E-state index contributed by atoms with van der Waals surface area (Å²) in [6.07, 6.45) is 8.60. The first-order chi connectivity index (χ1) is 18.1. The topological polar surface area (TPSA) is 54.5 Å². The van der Waals surface area contributed by atoms with Gasteiger partial charge in [0.2, 0.25) is 0 Å². The van der Waals surface area contributed by atoms with Gasteiger partial charge < -0.3 is 14.8 Å². The van der Waals surface area contributed by atoms with E-state index in [0.29, 0.717) is 18.9 Å². The Morgan fingerprint density at radius 1 is 1.19 bits per heavy atom. The Kier molecular flexibility index (Phi) is 9.23. The molecule has 1 N–H and O–H groups in total. The molecule has 37 heavy (non-hydrogen) atoms. The molecule has 2 unspecified atom stereocenters. The van der Waals surface area contributed by atoms with Gasteiger partial charge in [0.05, 0.1) is 6.04 Å². The van der Waals surface area contributed by atoms with E-state index in [1.54, 1.807) is 0 Å². The highest BCUT2D eigenvalue weighted by atomic mass is 31.0. The summed E-state index contributed by atoms with van der Waals surface area (Å²) in [4.78, 5) is 19.3. The minimum absolute atomic E-state index is 0.000709. The Morgan fingerprint density at radius 3 is 2.89 bits per heavy atom. The Labute approximate surface area is 223 Å². The van der Waals surface area contributed by atoms with Crippen LogP contribution in [0.2, 0.25) is 0 Å². The van der Waals surface area contributed by atoms with E-state index >= 15 is 4.39 Å². The van der Waals surface area contributed by atoms with Crippen LogP contribution in [0, 0.1) is 5.92 Å². The van der Waals surface area contributed by atoms with Crippen molar-refractivity contribution in [2.24, 2.45) is 5.92 Å². The van der Waals surface area contributed by atoms with Crippen molar-refractivity contribution in [3.63, 3.8) is 0 Å². The Bertz CT molecular complexity index is 1060. The van der Waals surface area contributed by atoms with Crippen LogP contribution in [0.25, 0.3) is 0 Å². The molecular formula is C30H41FN3O2P. The summed E-state index contributed by atoms with van der Waals surface area (Å²) in [5, 5.41) is 4.48. The molecule has 4 atom stereocenters. The van der Waals surface area contributed by atoms with E-state index in [1.807, 2.05) is 0 Å². The van der Waals surface area contributed by atoms with E-state index in [1.165, 1.54) is 17.5 Å². The van der Waals surface area contributed by atoms with Crippen molar-refractivity contribution in [3.8, 4) is 0 Å². The summed E-state index contributed by atoms with van der Waals surface area (Å²) >= 11 is 0. The first kappa shape index (κ1) is 26.7. The molecule has 1 aromatic carbocycles. The number of alkyl halides is 1. The highest BCUT2D eigenvalue weighted by Crippen LogP contribution is 2.36. The molecule has 0 aliphatic carbocycles. The molecule has 4 heterocycles. The normalized spacial score (nSPS) is 22.3. The van der Waals surface area contributed by atoms with Crippen LogP contribution >= 0.6 is 9.24 Å². The predicted molar refractivity (Wildman–Crippen MR) is 151 cm³/mol. The number of hydrogen-bond donors (Lipinski definition) is 1. The fourth-order valence-electron chi connectivity index (χ4n) is 6.34. The molecule has 2 saturated heterocycles. The van der Waals surface area contributed by atoms with Gasteiger partial charge in [0.25, 0.3) is 0 Å². The molecule has 0 saturated carbocycles. The number of aryl methyl sites for hydroxylation is 2. The van der Waals surface area contributed by atoms with E-state index in [-0.39, 0.29) is 12.0 Å². The third kappa shape index (κ3) is 6.58. The van der Waals surface area contributed by atoms with Crippen LogP contribution in [0.15, 0.2) is 30.3 Å². The van der Waals surface area contributed by atoms with E-state index in [9.17, 15) is 4.79 Å². The molecule has 200 valence electrons. The number of likely N-dealkylation sites (tertiary alicyclic amines) is 1. The quantitative estimate of drug-likeness (QED) is 0.264. The van der Waals surface area contributed by atoms with Gasteiger partial charge >= 0.3 is 0 Å². The maximum absolute atomic E-state index is 15.3. The van der Waals surface area contributed by atoms with E-state index in [0.717, 1.165) is 99.9 Å². The second-order valence-corrected chi connectivity index (χ2v) is 11.7. The van der Waals surface area contributed by atoms with Crippen molar-refractivity contribution in [2.45, 2.75) is 75.9 Å². The summed E-state index contributed by atoms with van der Waals surface area (Å²) < 4.78 is 20.8. The van der Waals surface area contributed by atoms with Gasteiger partial charge in [0.15, 0.2) is 0 Å². The van der Waals surface area contributed by atoms with Crippen LogP contribution in [0.1, 0.15) is 79.3 Å². The lowest BCUT2D eigenvalue weighted by Gasteiger charge is -2.30. The number of pyridine rings is 1. The first-order valence-corrected chi connectivity index (χ1v) is 14.7. The van der Waals surface area contributed by atoms with Crippen molar-refractivity contribution in [1.82, 2.24) is 9.88 Å². The fraction of sp³-hybridized carbons (Fsp3) is 0.600. The number of rotatable bonds is 10. The zero-order valence-electron chi connectivity index (χ0n) is 21.8. The van der Waals surface area contributed by atoms with Crippen LogP contribution in [-0.2, 0) is 22.4 Å². The third-order valence-electron chi connectivity index (χ3n) is 8.50. The molecular weight excluding hydrogens is 484 g/mol. The van der Waals surface area contributed by atoms with Gasteiger partial charge in [-0.25, -0.2) is 9.37 Å². The number of hydrogen-bond acceptors (Lipinski definition) is 5.